The molecule has 0 radical (unpaired) electrons. The maximum absolute atomic E-state index is 12.5. The first kappa shape index (κ1) is 20.5. The summed E-state index contributed by atoms with van der Waals surface area (Å²) in [5.74, 6) is -0.489. The third-order valence-electron chi connectivity index (χ3n) is 4.41. The molecule has 0 fully saturated rings. The van der Waals surface area contributed by atoms with E-state index in [0.717, 1.165) is 12.0 Å². The van der Waals surface area contributed by atoms with E-state index in [9.17, 15) is 14.4 Å². The molecular weight excluding hydrogens is 346 g/mol. The van der Waals surface area contributed by atoms with Gasteiger partial charge in [0.15, 0.2) is 0 Å². The minimum Gasteiger partial charge on any atom is -0.463 e. The Morgan fingerprint density at radius 2 is 1.85 bits per heavy atom. The number of carbonyl (C=O) groups is 3. The van der Waals surface area contributed by atoms with Crippen LogP contribution >= 0.6 is 0 Å². The third kappa shape index (κ3) is 4.67. The largest absolute Gasteiger partial charge is 0.463 e. The summed E-state index contributed by atoms with van der Waals surface area (Å²) in [6.07, 6.45) is 1.24. The van der Waals surface area contributed by atoms with Crippen LogP contribution in [-0.2, 0) is 14.3 Å². The molecule has 1 aromatic rings. The molecule has 1 aliphatic rings. The van der Waals surface area contributed by atoms with Gasteiger partial charge in [-0.25, -0.2) is 9.59 Å². The van der Waals surface area contributed by atoms with Crippen molar-refractivity contribution in [3.8, 4) is 0 Å². The fourth-order valence-corrected chi connectivity index (χ4v) is 3.09. The molecule has 0 aliphatic carbocycles. The molecule has 2 rings (SSSR count). The molecular formula is C20H27N3O4. The lowest BCUT2D eigenvalue weighted by Gasteiger charge is -2.34. The topological polar surface area (TPSA) is 87.7 Å². The second kappa shape index (κ2) is 9.21. The van der Waals surface area contributed by atoms with E-state index in [-0.39, 0.29) is 18.5 Å². The van der Waals surface area contributed by atoms with Gasteiger partial charge in [-0.1, -0.05) is 19.1 Å². The van der Waals surface area contributed by atoms with Gasteiger partial charge in [-0.2, -0.15) is 0 Å². The maximum atomic E-state index is 12.5. The highest BCUT2D eigenvalue weighted by Gasteiger charge is 2.35. The summed E-state index contributed by atoms with van der Waals surface area (Å²) < 4.78 is 5.20. The third-order valence-corrected chi connectivity index (χ3v) is 4.41. The van der Waals surface area contributed by atoms with Crippen molar-refractivity contribution in [2.24, 2.45) is 0 Å². The highest BCUT2D eigenvalue weighted by Crippen LogP contribution is 2.31. The highest BCUT2D eigenvalue weighted by atomic mass is 16.5. The van der Waals surface area contributed by atoms with Gasteiger partial charge in [0, 0.05) is 24.4 Å². The van der Waals surface area contributed by atoms with E-state index >= 15 is 0 Å². The van der Waals surface area contributed by atoms with E-state index in [0.29, 0.717) is 29.9 Å². The fraction of sp³-hybridized carbons (Fsp3) is 0.450. The molecule has 7 nitrogen and oxygen atoms in total. The van der Waals surface area contributed by atoms with Gasteiger partial charge in [-0.05, 0) is 44.9 Å². The summed E-state index contributed by atoms with van der Waals surface area (Å²) in [7, 11) is 0. The van der Waals surface area contributed by atoms with Crippen molar-refractivity contribution in [1.82, 2.24) is 10.2 Å². The Kier molecular flexibility index (Phi) is 6.98. The van der Waals surface area contributed by atoms with Crippen LogP contribution in [-0.4, -0.2) is 36.0 Å². The van der Waals surface area contributed by atoms with Crippen LogP contribution in [0.2, 0.25) is 0 Å². The van der Waals surface area contributed by atoms with Crippen LogP contribution in [0.25, 0.3) is 0 Å². The average molecular weight is 373 g/mol. The van der Waals surface area contributed by atoms with Crippen LogP contribution in [0, 0.1) is 0 Å². The minimum atomic E-state index is -0.597. The van der Waals surface area contributed by atoms with Gasteiger partial charge in [-0.15, -0.1) is 0 Å². The molecule has 1 atom stereocenters. The predicted molar refractivity (Wildman–Crippen MR) is 103 cm³/mol. The zero-order valence-corrected chi connectivity index (χ0v) is 16.3. The Morgan fingerprint density at radius 1 is 1.19 bits per heavy atom. The Labute approximate surface area is 159 Å². The molecule has 0 spiro atoms. The van der Waals surface area contributed by atoms with E-state index in [1.165, 1.54) is 4.90 Å². The number of benzene rings is 1. The van der Waals surface area contributed by atoms with Gasteiger partial charge in [0.1, 0.15) is 0 Å². The van der Waals surface area contributed by atoms with Crippen LogP contribution in [0.15, 0.2) is 35.5 Å². The van der Waals surface area contributed by atoms with Crippen LogP contribution in [0.4, 0.5) is 10.5 Å². The number of nitrogens with one attached hydrogen (secondary N) is 2. The van der Waals surface area contributed by atoms with E-state index in [2.05, 4.69) is 10.6 Å². The summed E-state index contributed by atoms with van der Waals surface area (Å²) in [5.41, 5.74) is 2.42. The van der Waals surface area contributed by atoms with Gasteiger partial charge < -0.3 is 15.4 Å². The Bertz CT molecular complexity index is 740. The van der Waals surface area contributed by atoms with Gasteiger partial charge >= 0.3 is 12.0 Å². The summed E-state index contributed by atoms with van der Waals surface area (Å²) in [6.45, 7) is 8.00. The zero-order chi connectivity index (χ0) is 20.0. The number of carbonyl (C=O) groups excluding carboxylic acids is 3. The molecule has 1 heterocycles. The van der Waals surface area contributed by atoms with Crippen LogP contribution in [0.5, 0.6) is 0 Å². The second-order valence-electron chi connectivity index (χ2n) is 6.27. The van der Waals surface area contributed by atoms with Crippen molar-refractivity contribution in [2.45, 2.75) is 46.6 Å². The number of rotatable bonds is 7. The average Bonchev–Trinajstić information content (AvgIpc) is 2.62. The molecule has 0 saturated carbocycles. The molecule has 1 aliphatic heterocycles. The van der Waals surface area contributed by atoms with Crippen molar-refractivity contribution in [3.05, 3.63) is 41.1 Å². The molecule has 7 heteroatoms. The summed E-state index contributed by atoms with van der Waals surface area (Å²) >= 11 is 0. The lowest BCUT2D eigenvalue weighted by Crippen LogP contribution is -2.47. The number of ether oxygens (including phenoxy) is 1. The minimum absolute atomic E-state index is 0.0437. The molecule has 0 unspecified atom stereocenters. The number of urea groups is 1. The molecule has 1 aromatic carbocycles. The van der Waals surface area contributed by atoms with E-state index < -0.39 is 12.0 Å². The van der Waals surface area contributed by atoms with Gasteiger partial charge in [0.2, 0.25) is 5.91 Å². The molecule has 0 aromatic heterocycles. The summed E-state index contributed by atoms with van der Waals surface area (Å²) in [5, 5.41) is 5.70. The number of allylic oxidation sites excluding steroid dienone is 1. The number of esters is 1. The van der Waals surface area contributed by atoms with Crippen molar-refractivity contribution in [2.75, 3.05) is 18.5 Å². The van der Waals surface area contributed by atoms with Crippen LogP contribution in [0.1, 0.15) is 52.1 Å². The van der Waals surface area contributed by atoms with E-state index in [1.807, 2.05) is 13.8 Å². The number of hydrogen-bond donors (Lipinski definition) is 2. The van der Waals surface area contributed by atoms with Crippen molar-refractivity contribution in [1.29, 1.82) is 0 Å². The fourth-order valence-electron chi connectivity index (χ4n) is 3.09. The first-order valence-corrected chi connectivity index (χ1v) is 9.28. The molecule has 146 valence electrons. The van der Waals surface area contributed by atoms with E-state index in [4.69, 9.17) is 4.74 Å². The highest BCUT2D eigenvalue weighted by molar-refractivity contribution is 5.95. The van der Waals surface area contributed by atoms with Gasteiger partial charge in [-0.3, -0.25) is 9.69 Å². The van der Waals surface area contributed by atoms with Crippen LogP contribution < -0.4 is 10.6 Å². The number of anilines is 1. The smallest absolute Gasteiger partial charge is 0.338 e. The summed E-state index contributed by atoms with van der Waals surface area (Å²) in [6, 6.07) is 6.26. The predicted octanol–water partition coefficient (Wildman–Crippen LogP) is 3.35. The number of nitrogens with zero attached hydrogens (tertiary/aromatic N) is 1. The molecule has 27 heavy (non-hydrogen) atoms. The molecule has 2 N–H and O–H groups in total. The van der Waals surface area contributed by atoms with Crippen molar-refractivity contribution in [3.63, 3.8) is 0 Å². The standard InChI is InChI=1S/C20H27N3O4/c1-5-8-16(24)21-15-11-9-14(10-12-15)18-17(19(25)27-7-3)13(4)23(6-2)20(26)22-18/h9-12,18H,5-8H2,1-4H3,(H,21,24)(H,22,26)/t18-/m0/s1. The SMILES string of the molecule is CCCC(=O)Nc1ccc([C@@H]2NC(=O)N(CC)C(C)=C2C(=O)OCC)cc1. The molecule has 0 bridgehead atoms. The quantitative estimate of drug-likeness (QED) is 0.718. The normalized spacial score (nSPS) is 16.8. The lowest BCUT2D eigenvalue weighted by atomic mass is 9.94. The zero-order valence-electron chi connectivity index (χ0n) is 16.3. The van der Waals surface area contributed by atoms with Crippen LogP contribution in [0.3, 0.4) is 0 Å². The monoisotopic (exact) mass is 373 g/mol. The first-order valence-electron chi connectivity index (χ1n) is 9.28. The lowest BCUT2D eigenvalue weighted by molar-refractivity contribution is -0.139. The number of hydrogen-bond acceptors (Lipinski definition) is 4. The molecule has 3 amide bonds. The van der Waals surface area contributed by atoms with Gasteiger partial charge in [0.05, 0.1) is 18.2 Å². The Hall–Kier alpha value is -2.83. The molecule has 0 saturated heterocycles. The van der Waals surface area contributed by atoms with Crippen molar-refractivity contribution >= 4 is 23.6 Å². The first-order chi connectivity index (χ1) is 12.9. The van der Waals surface area contributed by atoms with Crippen molar-refractivity contribution < 1.29 is 19.1 Å². The van der Waals surface area contributed by atoms with E-state index in [1.54, 1.807) is 38.1 Å². The number of amides is 3. The van der Waals surface area contributed by atoms with Gasteiger partial charge in [0.25, 0.3) is 0 Å². The second-order valence-corrected chi connectivity index (χ2v) is 6.27. The Morgan fingerprint density at radius 3 is 2.41 bits per heavy atom. The summed E-state index contributed by atoms with van der Waals surface area (Å²) in [4.78, 5) is 38.2. The maximum Gasteiger partial charge on any atom is 0.338 e. The Balaban J connectivity index is 2.33.